The fourth-order valence-corrected chi connectivity index (χ4v) is 3.73. The van der Waals surface area contributed by atoms with Gasteiger partial charge in [-0.05, 0) is 26.8 Å². The Bertz CT molecular complexity index is 667. The molecule has 3 rings (SSSR count). The number of benzene rings is 1. The highest BCUT2D eigenvalue weighted by Gasteiger charge is 2.22. The Morgan fingerprint density at radius 2 is 1.88 bits per heavy atom. The molecule has 0 aliphatic carbocycles. The first kappa shape index (κ1) is 21.9. The maximum absolute atomic E-state index is 12.4. The fourth-order valence-electron chi connectivity index (χ4n) is 2.90. The van der Waals surface area contributed by atoms with Crippen LogP contribution >= 0.6 is 36.2 Å². The molecular weight excluding hydrogens is 377 g/mol. The molecule has 1 aromatic carbocycles. The van der Waals surface area contributed by atoms with E-state index in [4.69, 9.17) is 0 Å². The van der Waals surface area contributed by atoms with Crippen molar-refractivity contribution >= 4 is 42.1 Å². The van der Waals surface area contributed by atoms with Crippen molar-refractivity contribution in [2.45, 2.75) is 32.2 Å². The minimum Gasteiger partial charge on any atom is -0.342 e. The van der Waals surface area contributed by atoms with Crippen molar-refractivity contribution in [1.82, 2.24) is 15.2 Å². The number of rotatable bonds is 4. The molecule has 7 heteroatoms. The number of hydrogen-bond donors (Lipinski definition) is 1. The number of aryl methyl sites for hydroxylation is 1. The molecule has 25 heavy (non-hydrogen) atoms. The quantitative estimate of drug-likeness (QED) is 0.848. The maximum atomic E-state index is 12.4. The van der Waals surface area contributed by atoms with Crippen molar-refractivity contribution in [1.29, 1.82) is 0 Å². The van der Waals surface area contributed by atoms with Gasteiger partial charge in [-0.3, -0.25) is 4.79 Å². The molecule has 1 N–H and O–H groups in total. The molecule has 2 heterocycles. The van der Waals surface area contributed by atoms with Gasteiger partial charge in [0.05, 0.1) is 12.1 Å². The number of amides is 1. The highest BCUT2D eigenvalue weighted by molar-refractivity contribution is 7.13. The lowest BCUT2D eigenvalue weighted by atomic mass is 10.0. The second-order valence-electron chi connectivity index (χ2n) is 6.13. The zero-order valence-corrected chi connectivity index (χ0v) is 17.0. The number of halogens is 2. The van der Waals surface area contributed by atoms with Gasteiger partial charge in [0.1, 0.15) is 5.01 Å². The molecule has 138 valence electrons. The molecule has 0 bridgehead atoms. The summed E-state index contributed by atoms with van der Waals surface area (Å²) < 4.78 is 0. The molecule has 0 saturated carbocycles. The molecule has 1 aliphatic heterocycles. The Morgan fingerprint density at radius 1 is 1.24 bits per heavy atom. The van der Waals surface area contributed by atoms with Crippen molar-refractivity contribution in [3.8, 4) is 10.6 Å². The molecule has 1 fully saturated rings. The van der Waals surface area contributed by atoms with Crippen LogP contribution in [0.15, 0.2) is 29.6 Å². The number of aromatic nitrogens is 1. The van der Waals surface area contributed by atoms with E-state index in [-0.39, 0.29) is 30.7 Å². The van der Waals surface area contributed by atoms with E-state index < -0.39 is 0 Å². The van der Waals surface area contributed by atoms with E-state index in [9.17, 15) is 4.79 Å². The van der Waals surface area contributed by atoms with E-state index in [2.05, 4.69) is 41.5 Å². The molecular formula is C18H25Cl2N3OS. The topological polar surface area (TPSA) is 45.2 Å². The standard InChI is InChI=1S/C18H23N3OS.2ClH/c1-13-3-5-14(6-4-13)18-20-16(12-23-18)11-17(22)21-9-7-15(19-2)8-10-21;;/h3-6,12,15,19H,7-11H2,1-2H3;2*1H. The van der Waals surface area contributed by atoms with Crippen LogP contribution < -0.4 is 5.32 Å². The van der Waals surface area contributed by atoms with Crippen LogP contribution in [0.5, 0.6) is 0 Å². The first-order chi connectivity index (χ1) is 11.2. The molecule has 1 aliphatic rings. The van der Waals surface area contributed by atoms with Gasteiger partial charge in [0.2, 0.25) is 5.91 Å². The molecule has 0 unspecified atom stereocenters. The monoisotopic (exact) mass is 401 g/mol. The van der Waals surface area contributed by atoms with Gasteiger partial charge in [0, 0.05) is 30.1 Å². The number of likely N-dealkylation sites (tertiary alicyclic amines) is 1. The van der Waals surface area contributed by atoms with Crippen LogP contribution in [0, 0.1) is 6.92 Å². The van der Waals surface area contributed by atoms with E-state index >= 15 is 0 Å². The Hall–Kier alpha value is -1.14. The third-order valence-corrected chi connectivity index (χ3v) is 5.38. The van der Waals surface area contributed by atoms with Crippen LogP contribution in [0.3, 0.4) is 0 Å². The van der Waals surface area contributed by atoms with Gasteiger partial charge in [-0.1, -0.05) is 29.8 Å². The summed E-state index contributed by atoms with van der Waals surface area (Å²) in [6.07, 6.45) is 2.48. The Balaban J connectivity index is 0.00000156. The zero-order valence-electron chi connectivity index (χ0n) is 14.5. The molecule has 2 aromatic rings. The largest absolute Gasteiger partial charge is 0.342 e. The highest BCUT2D eigenvalue weighted by atomic mass is 35.5. The second-order valence-corrected chi connectivity index (χ2v) is 6.99. The number of nitrogens with one attached hydrogen (secondary N) is 1. The van der Waals surface area contributed by atoms with Crippen molar-refractivity contribution in [3.05, 3.63) is 40.9 Å². The average Bonchev–Trinajstić information content (AvgIpc) is 3.04. The Labute approximate surface area is 165 Å². The number of carbonyl (C=O) groups is 1. The van der Waals surface area contributed by atoms with Gasteiger partial charge in [-0.2, -0.15) is 0 Å². The van der Waals surface area contributed by atoms with Crippen molar-refractivity contribution in [2.24, 2.45) is 0 Å². The Morgan fingerprint density at radius 3 is 2.48 bits per heavy atom. The minimum atomic E-state index is 0. The lowest BCUT2D eigenvalue weighted by molar-refractivity contribution is -0.131. The SMILES string of the molecule is CNC1CCN(C(=O)Cc2csc(-c3ccc(C)cc3)n2)CC1.Cl.Cl. The number of thiazole rings is 1. The molecule has 1 amide bonds. The molecule has 0 atom stereocenters. The van der Waals surface area contributed by atoms with Crippen LogP contribution in [-0.4, -0.2) is 42.0 Å². The second kappa shape index (κ2) is 10.1. The molecule has 1 aromatic heterocycles. The maximum Gasteiger partial charge on any atom is 0.228 e. The van der Waals surface area contributed by atoms with Gasteiger partial charge >= 0.3 is 0 Å². The third kappa shape index (κ3) is 5.68. The van der Waals surface area contributed by atoms with Crippen LogP contribution in [0.4, 0.5) is 0 Å². The van der Waals surface area contributed by atoms with E-state index in [1.54, 1.807) is 11.3 Å². The van der Waals surface area contributed by atoms with E-state index in [0.29, 0.717) is 12.5 Å². The van der Waals surface area contributed by atoms with Crippen molar-refractivity contribution in [3.63, 3.8) is 0 Å². The molecule has 0 radical (unpaired) electrons. The summed E-state index contributed by atoms with van der Waals surface area (Å²) in [5.74, 6) is 0.195. The Kier molecular flexibility index (Phi) is 8.86. The van der Waals surface area contributed by atoms with Crippen molar-refractivity contribution < 1.29 is 4.79 Å². The summed E-state index contributed by atoms with van der Waals surface area (Å²) in [6.45, 7) is 3.77. The van der Waals surface area contributed by atoms with Crippen LogP contribution in [0.25, 0.3) is 10.6 Å². The summed E-state index contributed by atoms with van der Waals surface area (Å²) in [7, 11) is 1.99. The summed E-state index contributed by atoms with van der Waals surface area (Å²) in [5, 5.41) is 6.28. The van der Waals surface area contributed by atoms with Crippen LogP contribution in [-0.2, 0) is 11.2 Å². The zero-order chi connectivity index (χ0) is 16.2. The predicted octanol–water partition coefficient (Wildman–Crippen LogP) is 3.72. The summed E-state index contributed by atoms with van der Waals surface area (Å²) in [4.78, 5) is 19.0. The predicted molar refractivity (Wildman–Crippen MR) is 109 cm³/mol. The molecule has 4 nitrogen and oxygen atoms in total. The van der Waals surface area contributed by atoms with Crippen LogP contribution in [0.1, 0.15) is 24.1 Å². The average molecular weight is 402 g/mol. The number of carbonyl (C=O) groups excluding carboxylic acids is 1. The third-order valence-electron chi connectivity index (χ3n) is 4.44. The highest BCUT2D eigenvalue weighted by Crippen LogP contribution is 2.24. The molecule has 0 spiro atoms. The van der Waals surface area contributed by atoms with Gasteiger partial charge in [0.25, 0.3) is 0 Å². The number of hydrogen-bond acceptors (Lipinski definition) is 4. The first-order valence-corrected chi connectivity index (χ1v) is 9.00. The number of piperidine rings is 1. The normalized spacial score (nSPS) is 14.6. The lowest BCUT2D eigenvalue weighted by Gasteiger charge is -2.31. The smallest absolute Gasteiger partial charge is 0.228 e. The van der Waals surface area contributed by atoms with E-state index in [1.165, 1.54) is 5.56 Å². The van der Waals surface area contributed by atoms with Crippen molar-refractivity contribution in [2.75, 3.05) is 20.1 Å². The lowest BCUT2D eigenvalue weighted by Crippen LogP contribution is -2.44. The minimum absolute atomic E-state index is 0. The van der Waals surface area contributed by atoms with Crippen LogP contribution in [0.2, 0.25) is 0 Å². The fraction of sp³-hybridized carbons (Fsp3) is 0.444. The first-order valence-electron chi connectivity index (χ1n) is 8.12. The summed E-state index contributed by atoms with van der Waals surface area (Å²) >= 11 is 1.61. The van der Waals surface area contributed by atoms with Gasteiger partial charge in [-0.25, -0.2) is 4.98 Å². The van der Waals surface area contributed by atoms with Gasteiger partial charge in [0.15, 0.2) is 0 Å². The summed E-state index contributed by atoms with van der Waals surface area (Å²) in [5.41, 5.74) is 3.24. The summed E-state index contributed by atoms with van der Waals surface area (Å²) in [6, 6.07) is 8.90. The van der Waals surface area contributed by atoms with Gasteiger partial charge in [-0.15, -0.1) is 36.2 Å². The van der Waals surface area contributed by atoms with E-state index in [0.717, 1.165) is 42.2 Å². The van der Waals surface area contributed by atoms with Gasteiger partial charge < -0.3 is 10.2 Å². The van der Waals surface area contributed by atoms with E-state index in [1.807, 2.05) is 17.3 Å². The number of nitrogens with zero attached hydrogens (tertiary/aromatic N) is 2. The molecule has 1 saturated heterocycles.